The molecule has 0 aromatic rings. The van der Waals surface area contributed by atoms with Crippen molar-refractivity contribution in [2.75, 3.05) is 7.11 Å². The summed E-state index contributed by atoms with van der Waals surface area (Å²) < 4.78 is 4.67. The highest BCUT2D eigenvalue weighted by atomic mass is 16.5. The van der Waals surface area contributed by atoms with Gasteiger partial charge in [-0.05, 0) is 0 Å². The zero-order valence-electron chi connectivity index (χ0n) is 7.11. The summed E-state index contributed by atoms with van der Waals surface area (Å²) in [6.07, 6.45) is -8.48. The zero-order valence-corrected chi connectivity index (χ0v) is 7.11. The normalized spacial score (nSPS) is 52.2. The highest BCUT2D eigenvalue weighted by molar-refractivity contribution is 4.99. The van der Waals surface area contributed by atoms with E-state index in [0.717, 1.165) is 0 Å². The molecule has 6 heteroatoms. The van der Waals surface area contributed by atoms with Crippen LogP contribution < -0.4 is 0 Å². The van der Waals surface area contributed by atoms with E-state index in [0.29, 0.717) is 0 Å². The van der Waals surface area contributed by atoms with Crippen molar-refractivity contribution in [2.24, 2.45) is 0 Å². The van der Waals surface area contributed by atoms with Crippen molar-refractivity contribution in [1.29, 1.82) is 0 Å². The van der Waals surface area contributed by atoms with Gasteiger partial charge in [0, 0.05) is 7.11 Å². The van der Waals surface area contributed by atoms with Gasteiger partial charge in [-0.1, -0.05) is 0 Å². The van der Waals surface area contributed by atoms with Gasteiger partial charge in [-0.2, -0.15) is 0 Å². The van der Waals surface area contributed by atoms with Crippen molar-refractivity contribution < 1.29 is 30.3 Å². The lowest BCUT2D eigenvalue weighted by Gasteiger charge is -2.40. The number of aliphatic hydroxyl groups is 5. The molecule has 0 aliphatic heterocycles. The predicted octanol–water partition coefficient (Wildman–Crippen LogP) is -3.18. The maximum atomic E-state index is 9.29. The number of methoxy groups -OCH3 is 1. The summed E-state index contributed by atoms with van der Waals surface area (Å²) >= 11 is 0. The highest BCUT2D eigenvalue weighted by Crippen LogP contribution is 2.23. The van der Waals surface area contributed by atoms with Gasteiger partial charge in [-0.15, -0.1) is 0 Å². The van der Waals surface area contributed by atoms with Gasteiger partial charge in [0.05, 0.1) is 0 Å². The van der Waals surface area contributed by atoms with Crippen LogP contribution >= 0.6 is 0 Å². The molecule has 0 heterocycles. The van der Waals surface area contributed by atoms with Crippen LogP contribution in [0, 0.1) is 0 Å². The Morgan fingerprint density at radius 1 is 0.692 bits per heavy atom. The second-order valence-electron chi connectivity index (χ2n) is 3.15. The number of ether oxygens (including phenoxy) is 1. The Balaban J connectivity index is 2.79. The third-order valence-corrected chi connectivity index (χ3v) is 2.35. The molecule has 13 heavy (non-hydrogen) atoms. The second-order valence-corrected chi connectivity index (χ2v) is 3.15. The molecule has 1 aliphatic carbocycles. The SMILES string of the molecule is CO[C@@H]1[C@H](O)[C@H](O)[C@@H](O)[C@H](O)[C@H]1O. The predicted molar refractivity (Wildman–Crippen MR) is 40.8 cm³/mol. The maximum Gasteiger partial charge on any atom is 0.114 e. The van der Waals surface area contributed by atoms with E-state index < -0.39 is 36.6 Å². The van der Waals surface area contributed by atoms with Crippen LogP contribution in [0.15, 0.2) is 0 Å². The molecule has 1 saturated carbocycles. The van der Waals surface area contributed by atoms with E-state index in [1.165, 1.54) is 7.11 Å². The van der Waals surface area contributed by atoms with Crippen LogP contribution in [0.5, 0.6) is 0 Å². The summed E-state index contributed by atoms with van der Waals surface area (Å²) in [5, 5.41) is 46.1. The van der Waals surface area contributed by atoms with E-state index in [1.54, 1.807) is 0 Å². The molecular weight excluding hydrogens is 180 g/mol. The average Bonchev–Trinajstić information content (AvgIpc) is 2.13. The van der Waals surface area contributed by atoms with Crippen LogP contribution in [0.4, 0.5) is 0 Å². The quantitative estimate of drug-likeness (QED) is 0.301. The van der Waals surface area contributed by atoms with Crippen LogP contribution in [-0.2, 0) is 4.74 Å². The third kappa shape index (κ3) is 1.69. The van der Waals surface area contributed by atoms with Crippen molar-refractivity contribution >= 4 is 0 Å². The number of rotatable bonds is 1. The lowest BCUT2D eigenvalue weighted by Crippen LogP contribution is -2.64. The second kappa shape index (κ2) is 3.87. The molecule has 1 aliphatic rings. The van der Waals surface area contributed by atoms with Crippen LogP contribution in [0.25, 0.3) is 0 Å². The van der Waals surface area contributed by atoms with Gasteiger partial charge in [0.25, 0.3) is 0 Å². The third-order valence-electron chi connectivity index (χ3n) is 2.35. The fourth-order valence-corrected chi connectivity index (χ4v) is 1.48. The van der Waals surface area contributed by atoms with E-state index in [4.69, 9.17) is 5.11 Å². The zero-order chi connectivity index (χ0) is 10.2. The van der Waals surface area contributed by atoms with Crippen molar-refractivity contribution in [1.82, 2.24) is 0 Å². The number of hydrogen-bond acceptors (Lipinski definition) is 6. The molecular formula is C7H14O6. The molecule has 0 aromatic heterocycles. The van der Waals surface area contributed by atoms with Gasteiger partial charge >= 0.3 is 0 Å². The molecule has 0 unspecified atom stereocenters. The molecule has 0 bridgehead atoms. The molecule has 6 atom stereocenters. The topological polar surface area (TPSA) is 110 Å². The van der Waals surface area contributed by atoms with Crippen molar-refractivity contribution in [3.63, 3.8) is 0 Å². The van der Waals surface area contributed by atoms with E-state index in [1.807, 2.05) is 0 Å². The molecule has 0 amide bonds. The molecule has 0 radical (unpaired) electrons. The fourth-order valence-electron chi connectivity index (χ4n) is 1.48. The summed E-state index contributed by atoms with van der Waals surface area (Å²) in [7, 11) is 1.23. The van der Waals surface area contributed by atoms with Gasteiger partial charge in [0.2, 0.25) is 0 Å². The minimum Gasteiger partial charge on any atom is -0.387 e. The van der Waals surface area contributed by atoms with E-state index in [-0.39, 0.29) is 0 Å². The first-order valence-corrected chi connectivity index (χ1v) is 3.93. The van der Waals surface area contributed by atoms with E-state index >= 15 is 0 Å². The Hall–Kier alpha value is -0.240. The van der Waals surface area contributed by atoms with Gasteiger partial charge in [0.15, 0.2) is 0 Å². The molecule has 1 fully saturated rings. The Morgan fingerprint density at radius 3 is 1.31 bits per heavy atom. The molecule has 78 valence electrons. The molecule has 0 aromatic carbocycles. The monoisotopic (exact) mass is 194 g/mol. The first-order chi connectivity index (χ1) is 6.00. The van der Waals surface area contributed by atoms with E-state index in [9.17, 15) is 20.4 Å². The first-order valence-electron chi connectivity index (χ1n) is 3.93. The average molecular weight is 194 g/mol. The van der Waals surface area contributed by atoms with Gasteiger partial charge < -0.3 is 30.3 Å². The van der Waals surface area contributed by atoms with Crippen molar-refractivity contribution in [3.8, 4) is 0 Å². The largest absolute Gasteiger partial charge is 0.387 e. The summed E-state index contributed by atoms with van der Waals surface area (Å²) in [5.41, 5.74) is 0. The smallest absolute Gasteiger partial charge is 0.114 e. The summed E-state index contributed by atoms with van der Waals surface area (Å²) in [6.45, 7) is 0. The summed E-state index contributed by atoms with van der Waals surface area (Å²) in [6, 6.07) is 0. The molecule has 6 nitrogen and oxygen atoms in total. The van der Waals surface area contributed by atoms with Crippen LogP contribution in [0.1, 0.15) is 0 Å². The molecule has 0 saturated heterocycles. The standard InChI is InChI=1S/C7H14O6/c1-13-7-5(11)3(9)2(8)4(10)6(7)12/h2-12H,1H3/t2-,3-,4+,5-,6-,7-/m1/s1. The molecule has 0 spiro atoms. The fraction of sp³-hybridized carbons (Fsp3) is 1.00. The minimum atomic E-state index is -1.56. The Bertz CT molecular complexity index is 158. The maximum absolute atomic E-state index is 9.29. The Kier molecular flexibility index (Phi) is 3.23. The molecule has 1 rings (SSSR count). The van der Waals surface area contributed by atoms with Gasteiger partial charge in [0.1, 0.15) is 36.6 Å². The summed E-state index contributed by atoms with van der Waals surface area (Å²) in [4.78, 5) is 0. The first kappa shape index (κ1) is 10.8. The van der Waals surface area contributed by atoms with Crippen LogP contribution in [-0.4, -0.2) is 69.3 Å². The summed E-state index contributed by atoms with van der Waals surface area (Å²) in [5.74, 6) is 0. The highest BCUT2D eigenvalue weighted by Gasteiger charge is 2.48. The lowest BCUT2D eigenvalue weighted by molar-refractivity contribution is -0.229. The number of aliphatic hydroxyl groups excluding tert-OH is 5. The van der Waals surface area contributed by atoms with Gasteiger partial charge in [-0.25, -0.2) is 0 Å². The Morgan fingerprint density at radius 2 is 1.00 bits per heavy atom. The minimum absolute atomic E-state index is 1.09. The lowest BCUT2D eigenvalue weighted by atomic mass is 9.85. The van der Waals surface area contributed by atoms with Crippen molar-refractivity contribution in [2.45, 2.75) is 36.6 Å². The van der Waals surface area contributed by atoms with Crippen LogP contribution in [0.3, 0.4) is 0 Å². The van der Waals surface area contributed by atoms with Crippen LogP contribution in [0.2, 0.25) is 0 Å². The van der Waals surface area contributed by atoms with Crippen molar-refractivity contribution in [3.05, 3.63) is 0 Å². The Labute approximate surface area is 75.0 Å². The van der Waals surface area contributed by atoms with Gasteiger partial charge in [-0.3, -0.25) is 0 Å². The van der Waals surface area contributed by atoms with E-state index in [2.05, 4.69) is 4.74 Å². The number of hydrogen-bond donors (Lipinski definition) is 5. The molecule has 5 N–H and O–H groups in total.